The minimum atomic E-state index is -0.411. The minimum absolute atomic E-state index is 0.0724. The first-order chi connectivity index (χ1) is 10.1. The van der Waals surface area contributed by atoms with Gasteiger partial charge in [0.2, 0.25) is 5.88 Å². The zero-order chi connectivity index (χ0) is 15.2. The standard InChI is InChI=1S/C14H16N4O3/c1-3-21-14-8-13(16-10(2)17-14)15-9-11-5-4-6-12(7-11)18(19)20/h4-8H,3,9H2,1-2H3,(H,15,16,17). The van der Waals surface area contributed by atoms with Crippen molar-refractivity contribution in [3.8, 4) is 5.88 Å². The van der Waals surface area contributed by atoms with E-state index in [-0.39, 0.29) is 5.69 Å². The van der Waals surface area contributed by atoms with Gasteiger partial charge in [0.1, 0.15) is 11.6 Å². The normalized spacial score (nSPS) is 10.2. The van der Waals surface area contributed by atoms with Gasteiger partial charge >= 0.3 is 0 Å². The molecule has 0 saturated carbocycles. The van der Waals surface area contributed by atoms with Gasteiger partial charge in [0.15, 0.2) is 0 Å². The summed E-state index contributed by atoms with van der Waals surface area (Å²) < 4.78 is 5.35. The third kappa shape index (κ3) is 4.13. The fourth-order valence-electron chi connectivity index (χ4n) is 1.83. The van der Waals surface area contributed by atoms with E-state index in [1.54, 1.807) is 19.1 Å². The summed E-state index contributed by atoms with van der Waals surface area (Å²) in [7, 11) is 0. The lowest BCUT2D eigenvalue weighted by molar-refractivity contribution is -0.384. The van der Waals surface area contributed by atoms with Crippen LogP contribution in [0.4, 0.5) is 11.5 Å². The van der Waals surface area contributed by atoms with E-state index in [0.29, 0.717) is 30.7 Å². The maximum absolute atomic E-state index is 10.7. The highest BCUT2D eigenvalue weighted by molar-refractivity contribution is 5.41. The van der Waals surface area contributed by atoms with E-state index in [1.165, 1.54) is 12.1 Å². The molecule has 0 unspecified atom stereocenters. The molecule has 0 aliphatic rings. The Morgan fingerprint density at radius 2 is 2.14 bits per heavy atom. The zero-order valence-electron chi connectivity index (χ0n) is 11.9. The topological polar surface area (TPSA) is 90.2 Å². The monoisotopic (exact) mass is 288 g/mol. The molecule has 0 bridgehead atoms. The Morgan fingerprint density at radius 3 is 2.86 bits per heavy atom. The van der Waals surface area contributed by atoms with Crippen molar-refractivity contribution in [3.05, 3.63) is 51.8 Å². The molecule has 7 heteroatoms. The summed E-state index contributed by atoms with van der Waals surface area (Å²) in [5, 5.41) is 13.8. The first kappa shape index (κ1) is 14.7. The zero-order valence-corrected chi connectivity index (χ0v) is 11.9. The lowest BCUT2D eigenvalue weighted by Gasteiger charge is -2.08. The van der Waals surface area contributed by atoms with Crippen LogP contribution in [0.15, 0.2) is 30.3 Å². The third-order valence-corrected chi connectivity index (χ3v) is 2.70. The van der Waals surface area contributed by atoms with Crippen molar-refractivity contribution in [2.24, 2.45) is 0 Å². The molecule has 21 heavy (non-hydrogen) atoms. The number of aryl methyl sites for hydroxylation is 1. The fraction of sp³-hybridized carbons (Fsp3) is 0.286. The number of aromatic nitrogens is 2. The number of non-ortho nitro benzene ring substituents is 1. The van der Waals surface area contributed by atoms with Gasteiger partial charge in [0.05, 0.1) is 11.5 Å². The van der Waals surface area contributed by atoms with E-state index in [9.17, 15) is 10.1 Å². The van der Waals surface area contributed by atoms with E-state index >= 15 is 0 Å². The number of nitrogens with one attached hydrogen (secondary N) is 1. The molecule has 0 atom stereocenters. The second-order valence-corrected chi connectivity index (χ2v) is 4.35. The molecule has 0 aliphatic carbocycles. The van der Waals surface area contributed by atoms with Crippen LogP contribution in [-0.2, 0) is 6.54 Å². The smallest absolute Gasteiger partial charge is 0.269 e. The van der Waals surface area contributed by atoms with Crippen molar-refractivity contribution >= 4 is 11.5 Å². The van der Waals surface area contributed by atoms with Crippen LogP contribution in [0.3, 0.4) is 0 Å². The molecule has 7 nitrogen and oxygen atoms in total. The van der Waals surface area contributed by atoms with E-state index in [0.717, 1.165) is 5.56 Å². The lowest BCUT2D eigenvalue weighted by Crippen LogP contribution is -2.05. The van der Waals surface area contributed by atoms with Crippen molar-refractivity contribution in [2.45, 2.75) is 20.4 Å². The lowest BCUT2D eigenvalue weighted by atomic mass is 10.2. The minimum Gasteiger partial charge on any atom is -0.478 e. The highest BCUT2D eigenvalue weighted by atomic mass is 16.6. The first-order valence-electron chi connectivity index (χ1n) is 6.54. The first-order valence-corrected chi connectivity index (χ1v) is 6.54. The van der Waals surface area contributed by atoms with Crippen molar-refractivity contribution in [3.63, 3.8) is 0 Å². The number of hydrogen-bond donors (Lipinski definition) is 1. The number of nitro benzene ring substituents is 1. The van der Waals surface area contributed by atoms with E-state index in [1.807, 2.05) is 13.0 Å². The Bertz CT molecular complexity index is 646. The van der Waals surface area contributed by atoms with Crippen LogP contribution in [0.1, 0.15) is 18.3 Å². The fourth-order valence-corrected chi connectivity index (χ4v) is 1.83. The predicted molar refractivity (Wildman–Crippen MR) is 78.4 cm³/mol. The van der Waals surface area contributed by atoms with Crippen molar-refractivity contribution in [1.82, 2.24) is 9.97 Å². The summed E-state index contributed by atoms with van der Waals surface area (Å²) in [5.41, 5.74) is 0.876. The molecular weight excluding hydrogens is 272 g/mol. The average molecular weight is 288 g/mol. The molecule has 0 saturated heterocycles. The van der Waals surface area contributed by atoms with Crippen LogP contribution < -0.4 is 10.1 Å². The van der Waals surface area contributed by atoms with Gasteiger partial charge in [-0.05, 0) is 19.4 Å². The van der Waals surface area contributed by atoms with Crippen molar-refractivity contribution < 1.29 is 9.66 Å². The summed E-state index contributed by atoms with van der Waals surface area (Å²) in [4.78, 5) is 18.7. The van der Waals surface area contributed by atoms with Crippen molar-refractivity contribution in [1.29, 1.82) is 0 Å². The summed E-state index contributed by atoms with van der Waals surface area (Å²) in [6.45, 7) is 4.62. The molecule has 0 amide bonds. The van der Waals surface area contributed by atoms with Gasteiger partial charge in [0, 0.05) is 24.7 Å². The molecule has 0 radical (unpaired) electrons. The maximum Gasteiger partial charge on any atom is 0.269 e. The molecule has 1 N–H and O–H groups in total. The summed E-state index contributed by atoms with van der Waals surface area (Å²) in [5.74, 6) is 1.73. The third-order valence-electron chi connectivity index (χ3n) is 2.70. The summed E-state index contributed by atoms with van der Waals surface area (Å²) in [6.07, 6.45) is 0. The second kappa shape index (κ2) is 6.65. The number of hydrogen-bond acceptors (Lipinski definition) is 6. The van der Waals surface area contributed by atoms with Crippen LogP contribution in [0.2, 0.25) is 0 Å². The van der Waals surface area contributed by atoms with Crippen LogP contribution in [0.5, 0.6) is 5.88 Å². The second-order valence-electron chi connectivity index (χ2n) is 4.35. The van der Waals surface area contributed by atoms with Gasteiger partial charge < -0.3 is 10.1 Å². The SMILES string of the molecule is CCOc1cc(NCc2cccc([N+](=O)[O-])c2)nc(C)n1. The van der Waals surface area contributed by atoms with Gasteiger partial charge in [-0.25, -0.2) is 4.98 Å². The Hall–Kier alpha value is -2.70. The Labute approximate surface area is 122 Å². The van der Waals surface area contributed by atoms with E-state index in [4.69, 9.17) is 4.74 Å². The average Bonchev–Trinajstić information content (AvgIpc) is 2.45. The quantitative estimate of drug-likeness (QED) is 0.649. The van der Waals surface area contributed by atoms with Crippen LogP contribution >= 0.6 is 0 Å². The summed E-state index contributed by atoms with van der Waals surface area (Å²) in [6, 6.07) is 8.17. The number of ether oxygens (including phenoxy) is 1. The Kier molecular flexibility index (Phi) is 4.65. The molecule has 0 spiro atoms. The molecule has 1 heterocycles. The Morgan fingerprint density at radius 1 is 1.33 bits per heavy atom. The largest absolute Gasteiger partial charge is 0.478 e. The van der Waals surface area contributed by atoms with Crippen LogP contribution in [0, 0.1) is 17.0 Å². The molecule has 2 aromatic rings. The summed E-state index contributed by atoms with van der Waals surface area (Å²) >= 11 is 0. The van der Waals surface area contributed by atoms with Gasteiger partial charge in [-0.2, -0.15) is 4.98 Å². The van der Waals surface area contributed by atoms with E-state index < -0.39 is 4.92 Å². The molecule has 0 aliphatic heterocycles. The Balaban J connectivity index is 2.09. The van der Waals surface area contributed by atoms with Crippen LogP contribution in [-0.4, -0.2) is 21.5 Å². The maximum atomic E-state index is 10.7. The molecule has 1 aromatic heterocycles. The van der Waals surface area contributed by atoms with Gasteiger partial charge in [0.25, 0.3) is 5.69 Å². The van der Waals surface area contributed by atoms with Gasteiger partial charge in [-0.3, -0.25) is 10.1 Å². The number of nitrogens with zero attached hydrogens (tertiary/aromatic N) is 3. The molecular formula is C14H16N4O3. The van der Waals surface area contributed by atoms with Crippen LogP contribution in [0.25, 0.3) is 0 Å². The number of benzene rings is 1. The highest BCUT2D eigenvalue weighted by Crippen LogP contribution is 2.16. The van der Waals surface area contributed by atoms with Crippen molar-refractivity contribution in [2.75, 3.05) is 11.9 Å². The van der Waals surface area contributed by atoms with Gasteiger partial charge in [-0.1, -0.05) is 12.1 Å². The molecule has 2 rings (SSSR count). The predicted octanol–water partition coefficient (Wildman–Crippen LogP) is 2.70. The number of nitro groups is 1. The molecule has 1 aromatic carbocycles. The van der Waals surface area contributed by atoms with E-state index in [2.05, 4.69) is 15.3 Å². The molecule has 0 fully saturated rings. The molecule has 110 valence electrons. The number of rotatable bonds is 6. The highest BCUT2D eigenvalue weighted by Gasteiger charge is 2.06. The number of anilines is 1. The van der Waals surface area contributed by atoms with Gasteiger partial charge in [-0.15, -0.1) is 0 Å².